The van der Waals surface area contributed by atoms with Crippen molar-refractivity contribution in [3.8, 4) is 0 Å². The molecule has 17 heavy (non-hydrogen) atoms. The summed E-state index contributed by atoms with van der Waals surface area (Å²) in [7, 11) is 0. The van der Waals surface area contributed by atoms with Gasteiger partial charge in [-0.25, -0.2) is 4.39 Å². The van der Waals surface area contributed by atoms with E-state index in [-0.39, 0.29) is 18.5 Å². The van der Waals surface area contributed by atoms with Crippen molar-refractivity contribution in [1.29, 1.82) is 0 Å². The normalized spacial score (nSPS) is 20.6. The summed E-state index contributed by atoms with van der Waals surface area (Å²) in [4.78, 5) is 1.93. The van der Waals surface area contributed by atoms with Gasteiger partial charge in [0.25, 0.3) is 0 Å². The number of nitrogens with two attached hydrogens (primary N) is 1. The summed E-state index contributed by atoms with van der Waals surface area (Å²) in [6, 6.07) is 2.95. The number of aliphatic hydroxyl groups is 1. The van der Waals surface area contributed by atoms with Gasteiger partial charge in [-0.1, -0.05) is 0 Å². The van der Waals surface area contributed by atoms with Gasteiger partial charge in [-0.2, -0.15) is 0 Å². The Bertz CT molecular complexity index is 417. The molecule has 1 fully saturated rings. The average Bonchev–Trinajstić information content (AvgIpc) is 2.34. The van der Waals surface area contributed by atoms with E-state index >= 15 is 0 Å². The van der Waals surface area contributed by atoms with Gasteiger partial charge in [-0.3, -0.25) is 0 Å². The first-order chi connectivity index (χ1) is 8.11. The molecule has 0 radical (unpaired) electrons. The highest BCUT2D eigenvalue weighted by Gasteiger charge is 2.22. The number of rotatable bonds is 2. The Morgan fingerprint density at radius 2 is 2.35 bits per heavy atom. The van der Waals surface area contributed by atoms with Crippen molar-refractivity contribution < 1.29 is 14.2 Å². The molecule has 0 aromatic heterocycles. The van der Waals surface area contributed by atoms with Crippen molar-refractivity contribution in [2.24, 2.45) is 0 Å². The number of nitrogen functional groups attached to an aromatic ring is 1. The number of anilines is 2. The van der Waals surface area contributed by atoms with Crippen LogP contribution in [0.4, 0.5) is 15.8 Å². The van der Waals surface area contributed by atoms with Crippen molar-refractivity contribution in [3.05, 3.63) is 22.4 Å². The van der Waals surface area contributed by atoms with E-state index in [1.807, 2.05) is 4.90 Å². The van der Waals surface area contributed by atoms with Crippen LogP contribution in [0.25, 0.3) is 0 Å². The number of aliphatic hydroxyl groups excluding tert-OH is 1. The van der Waals surface area contributed by atoms with Gasteiger partial charge in [0.05, 0.1) is 35.2 Å². The maximum absolute atomic E-state index is 13.5. The van der Waals surface area contributed by atoms with Crippen LogP contribution in [0.15, 0.2) is 16.6 Å². The molecular formula is C11H14BrFN2O2. The number of halogens is 2. The van der Waals surface area contributed by atoms with E-state index in [9.17, 15) is 4.39 Å². The molecule has 0 aliphatic carbocycles. The molecule has 0 amide bonds. The zero-order valence-electron chi connectivity index (χ0n) is 9.20. The van der Waals surface area contributed by atoms with Crippen LogP contribution in [0.2, 0.25) is 0 Å². The van der Waals surface area contributed by atoms with E-state index in [4.69, 9.17) is 15.6 Å². The molecule has 3 N–H and O–H groups in total. The standard InChI is InChI=1S/C11H14BrFN2O2/c12-8-3-10(14)11(4-9(8)13)15-1-2-17-7(5-15)6-16/h3-4,7,16H,1-2,5-6,14H2. The van der Waals surface area contributed by atoms with Gasteiger partial charge < -0.3 is 20.5 Å². The van der Waals surface area contributed by atoms with Gasteiger partial charge in [0.15, 0.2) is 0 Å². The van der Waals surface area contributed by atoms with Crippen LogP contribution in [0.1, 0.15) is 0 Å². The minimum absolute atomic E-state index is 0.0462. The molecule has 1 aromatic rings. The number of ether oxygens (including phenoxy) is 1. The quantitative estimate of drug-likeness (QED) is 0.810. The van der Waals surface area contributed by atoms with Crippen LogP contribution in [0, 0.1) is 5.82 Å². The van der Waals surface area contributed by atoms with Gasteiger partial charge in [0.2, 0.25) is 0 Å². The molecule has 4 nitrogen and oxygen atoms in total. The third kappa shape index (κ3) is 2.70. The van der Waals surface area contributed by atoms with Crippen LogP contribution < -0.4 is 10.6 Å². The van der Waals surface area contributed by atoms with Gasteiger partial charge in [0, 0.05) is 19.2 Å². The number of hydrogen-bond acceptors (Lipinski definition) is 4. The Labute approximate surface area is 107 Å². The maximum atomic E-state index is 13.5. The molecule has 1 saturated heterocycles. The number of benzene rings is 1. The van der Waals surface area contributed by atoms with E-state index in [0.29, 0.717) is 35.5 Å². The third-order valence-electron chi connectivity index (χ3n) is 2.75. The summed E-state index contributed by atoms with van der Waals surface area (Å²) >= 11 is 3.09. The van der Waals surface area contributed by atoms with Crippen LogP contribution in [-0.2, 0) is 4.74 Å². The first kappa shape index (κ1) is 12.6. The second kappa shape index (κ2) is 5.20. The lowest BCUT2D eigenvalue weighted by Gasteiger charge is -2.34. The molecular weight excluding hydrogens is 291 g/mol. The van der Waals surface area contributed by atoms with E-state index in [1.54, 1.807) is 6.07 Å². The van der Waals surface area contributed by atoms with Crippen molar-refractivity contribution in [2.75, 3.05) is 36.9 Å². The molecule has 6 heteroatoms. The molecule has 1 aliphatic heterocycles. The van der Waals surface area contributed by atoms with Gasteiger partial charge in [0.1, 0.15) is 5.82 Å². The monoisotopic (exact) mass is 304 g/mol. The molecule has 0 saturated carbocycles. The Morgan fingerprint density at radius 3 is 3.06 bits per heavy atom. The van der Waals surface area contributed by atoms with E-state index in [0.717, 1.165) is 0 Å². The highest BCUT2D eigenvalue weighted by Crippen LogP contribution is 2.30. The smallest absolute Gasteiger partial charge is 0.139 e. The lowest BCUT2D eigenvalue weighted by atomic mass is 10.2. The van der Waals surface area contributed by atoms with Crippen LogP contribution in [-0.4, -0.2) is 37.5 Å². The molecule has 1 heterocycles. The van der Waals surface area contributed by atoms with E-state index < -0.39 is 0 Å². The van der Waals surface area contributed by atoms with Crippen LogP contribution in [0.5, 0.6) is 0 Å². The minimum atomic E-state index is -0.346. The lowest BCUT2D eigenvalue weighted by Crippen LogP contribution is -2.44. The van der Waals surface area contributed by atoms with Gasteiger partial charge in [-0.15, -0.1) is 0 Å². The summed E-state index contributed by atoms with van der Waals surface area (Å²) in [5.41, 5.74) is 7.02. The molecule has 1 atom stereocenters. The lowest BCUT2D eigenvalue weighted by molar-refractivity contribution is 0.00359. The first-order valence-electron chi connectivity index (χ1n) is 5.33. The Morgan fingerprint density at radius 1 is 1.59 bits per heavy atom. The summed E-state index contributed by atoms with van der Waals surface area (Å²) in [5, 5.41) is 9.06. The molecule has 0 bridgehead atoms. The van der Waals surface area contributed by atoms with E-state index in [2.05, 4.69) is 15.9 Å². The molecule has 94 valence electrons. The Hall–Kier alpha value is -0.850. The van der Waals surface area contributed by atoms with Crippen molar-refractivity contribution in [2.45, 2.75) is 6.10 Å². The predicted molar refractivity (Wildman–Crippen MR) is 67.6 cm³/mol. The summed E-state index contributed by atoms with van der Waals surface area (Å²) in [5.74, 6) is -0.346. The number of nitrogens with zero attached hydrogens (tertiary/aromatic N) is 1. The summed E-state index contributed by atoms with van der Waals surface area (Å²) in [6.07, 6.45) is -0.241. The Balaban J connectivity index is 2.24. The van der Waals surface area contributed by atoms with Crippen LogP contribution >= 0.6 is 15.9 Å². The topological polar surface area (TPSA) is 58.7 Å². The molecule has 2 rings (SSSR count). The van der Waals surface area contributed by atoms with Gasteiger partial charge >= 0.3 is 0 Å². The zero-order valence-corrected chi connectivity index (χ0v) is 10.8. The summed E-state index contributed by atoms with van der Waals surface area (Å²) < 4.78 is 19.2. The minimum Gasteiger partial charge on any atom is -0.397 e. The summed E-state index contributed by atoms with van der Waals surface area (Å²) in [6.45, 7) is 1.61. The average molecular weight is 305 g/mol. The fourth-order valence-corrected chi connectivity index (χ4v) is 2.24. The molecule has 1 aliphatic rings. The fourth-order valence-electron chi connectivity index (χ4n) is 1.87. The molecule has 0 spiro atoms. The first-order valence-corrected chi connectivity index (χ1v) is 6.13. The zero-order chi connectivity index (χ0) is 12.4. The maximum Gasteiger partial charge on any atom is 0.139 e. The van der Waals surface area contributed by atoms with Crippen molar-refractivity contribution in [3.63, 3.8) is 0 Å². The SMILES string of the molecule is Nc1cc(Br)c(F)cc1N1CCOC(CO)C1. The molecule has 1 unspecified atom stereocenters. The fraction of sp³-hybridized carbons (Fsp3) is 0.455. The van der Waals surface area contributed by atoms with E-state index in [1.165, 1.54) is 6.07 Å². The largest absolute Gasteiger partial charge is 0.397 e. The second-order valence-corrected chi connectivity index (χ2v) is 4.80. The molecule has 1 aromatic carbocycles. The highest BCUT2D eigenvalue weighted by molar-refractivity contribution is 9.10. The van der Waals surface area contributed by atoms with Crippen molar-refractivity contribution in [1.82, 2.24) is 0 Å². The third-order valence-corrected chi connectivity index (χ3v) is 3.36. The number of hydrogen-bond donors (Lipinski definition) is 2. The Kier molecular flexibility index (Phi) is 3.86. The van der Waals surface area contributed by atoms with Gasteiger partial charge in [-0.05, 0) is 22.0 Å². The van der Waals surface area contributed by atoms with Crippen LogP contribution in [0.3, 0.4) is 0 Å². The van der Waals surface area contributed by atoms with Crippen molar-refractivity contribution >= 4 is 27.3 Å². The number of morpholine rings is 1. The second-order valence-electron chi connectivity index (χ2n) is 3.95. The highest BCUT2D eigenvalue weighted by atomic mass is 79.9. The predicted octanol–water partition coefficient (Wildman–Crippen LogP) is 1.37.